The van der Waals surface area contributed by atoms with Crippen molar-refractivity contribution < 1.29 is 4.65 Å². The zero-order valence-electron chi connectivity index (χ0n) is 6.96. The molecule has 2 unspecified atom stereocenters. The van der Waals surface area contributed by atoms with Crippen molar-refractivity contribution in [3.63, 3.8) is 0 Å². The summed E-state index contributed by atoms with van der Waals surface area (Å²) < 4.78 is 5.83. The molecule has 3 heterocycles. The fourth-order valence-electron chi connectivity index (χ4n) is 3.47. The first-order chi connectivity index (χ1) is 5.40. The van der Waals surface area contributed by atoms with Crippen LogP contribution in [0.3, 0.4) is 0 Å². The van der Waals surface area contributed by atoms with Crippen molar-refractivity contribution in [2.24, 2.45) is 17.8 Å². The van der Waals surface area contributed by atoms with Crippen LogP contribution < -0.4 is 0 Å². The van der Waals surface area contributed by atoms with Crippen molar-refractivity contribution in [3.05, 3.63) is 0 Å². The molecule has 4 aliphatic rings. The summed E-state index contributed by atoms with van der Waals surface area (Å²) in [6, 6.07) is 0. The zero-order chi connectivity index (χ0) is 7.26. The second-order valence-corrected chi connectivity index (χ2v) is 4.73. The van der Waals surface area contributed by atoms with Gasteiger partial charge in [-0.1, -0.05) is 0 Å². The summed E-state index contributed by atoms with van der Waals surface area (Å²) in [6.45, 7) is 1.74. The van der Waals surface area contributed by atoms with Gasteiger partial charge in [0.25, 0.3) is 6.92 Å². The van der Waals surface area contributed by atoms with Gasteiger partial charge in [-0.3, -0.25) is 0 Å². The Morgan fingerprint density at radius 3 is 2.27 bits per heavy atom. The van der Waals surface area contributed by atoms with E-state index in [1.165, 1.54) is 31.9 Å². The summed E-state index contributed by atoms with van der Waals surface area (Å²) in [6.07, 6.45) is 7.25. The molecule has 0 spiro atoms. The average molecular weight is 150 g/mol. The van der Waals surface area contributed by atoms with Crippen LogP contribution in [0.2, 0.25) is 12.6 Å². The molecule has 60 valence electrons. The molecule has 4 rings (SSSR count). The highest BCUT2D eigenvalue weighted by Crippen LogP contribution is 2.46. The van der Waals surface area contributed by atoms with E-state index in [-0.39, 0.29) is 0 Å². The van der Waals surface area contributed by atoms with Gasteiger partial charge in [-0.25, -0.2) is 0 Å². The minimum atomic E-state index is 0.659. The van der Waals surface area contributed by atoms with Crippen molar-refractivity contribution in [2.45, 2.75) is 31.9 Å². The molecule has 0 aromatic heterocycles. The van der Waals surface area contributed by atoms with E-state index in [0.29, 0.717) is 6.92 Å². The molecule has 0 aromatic carbocycles. The van der Waals surface area contributed by atoms with Crippen LogP contribution in [0.5, 0.6) is 0 Å². The van der Waals surface area contributed by atoms with E-state index in [2.05, 4.69) is 0 Å². The van der Waals surface area contributed by atoms with Crippen LogP contribution in [-0.2, 0) is 4.65 Å². The highest BCUT2D eigenvalue weighted by atomic mass is 16.4. The first-order valence-corrected chi connectivity index (χ1v) is 5.02. The third-order valence-corrected chi connectivity index (χ3v) is 3.76. The Labute approximate surface area is 68.6 Å². The summed E-state index contributed by atoms with van der Waals surface area (Å²) in [5.74, 6) is 3.02. The molecule has 3 aliphatic heterocycles. The fraction of sp³-hybridized carbons (Fsp3) is 1.00. The normalized spacial score (nSPS) is 48.0. The molecular formula is C9H15BO. The summed E-state index contributed by atoms with van der Waals surface area (Å²) in [4.78, 5) is 0. The van der Waals surface area contributed by atoms with Crippen LogP contribution in [-0.4, -0.2) is 13.5 Å². The van der Waals surface area contributed by atoms with Crippen LogP contribution >= 0.6 is 0 Å². The van der Waals surface area contributed by atoms with E-state index in [4.69, 9.17) is 4.65 Å². The first kappa shape index (κ1) is 6.53. The van der Waals surface area contributed by atoms with Crippen LogP contribution in [0.4, 0.5) is 0 Å². The molecule has 4 fully saturated rings. The fourth-order valence-corrected chi connectivity index (χ4v) is 3.47. The summed E-state index contributed by atoms with van der Waals surface area (Å²) in [5, 5.41) is 0. The van der Waals surface area contributed by atoms with Gasteiger partial charge in [-0.05, 0) is 49.7 Å². The van der Waals surface area contributed by atoms with Gasteiger partial charge in [0.2, 0.25) is 0 Å². The second kappa shape index (κ2) is 2.26. The standard InChI is InChI=1S/C9H15BO/c1-7-2-9-3-8(1)5-10(4-7)11-6-9/h7-9H,1-6H2. The van der Waals surface area contributed by atoms with E-state index >= 15 is 0 Å². The molecular weight excluding hydrogens is 135 g/mol. The van der Waals surface area contributed by atoms with E-state index in [9.17, 15) is 0 Å². The monoisotopic (exact) mass is 150 g/mol. The maximum atomic E-state index is 5.83. The molecule has 1 nitrogen and oxygen atoms in total. The molecule has 0 aromatic rings. The van der Waals surface area contributed by atoms with Crippen LogP contribution in [0.1, 0.15) is 19.3 Å². The first-order valence-electron chi connectivity index (χ1n) is 5.02. The molecule has 0 N–H and O–H groups in total. The van der Waals surface area contributed by atoms with E-state index < -0.39 is 0 Å². The lowest BCUT2D eigenvalue weighted by molar-refractivity contribution is 0.190. The van der Waals surface area contributed by atoms with Crippen molar-refractivity contribution in [1.29, 1.82) is 0 Å². The number of hydrogen-bond donors (Lipinski definition) is 0. The molecule has 2 atom stereocenters. The highest BCUT2D eigenvalue weighted by molar-refractivity contribution is 6.52. The van der Waals surface area contributed by atoms with Crippen molar-refractivity contribution >= 4 is 6.92 Å². The van der Waals surface area contributed by atoms with Crippen molar-refractivity contribution in [3.8, 4) is 0 Å². The van der Waals surface area contributed by atoms with E-state index in [1.54, 1.807) is 0 Å². The summed E-state index contributed by atoms with van der Waals surface area (Å²) in [7, 11) is 0. The number of fused-ring (bicyclic) bond motifs is 1. The lowest BCUT2D eigenvalue weighted by Crippen LogP contribution is -2.30. The molecule has 3 saturated heterocycles. The van der Waals surface area contributed by atoms with Gasteiger partial charge in [0, 0.05) is 6.61 Å². The van der Waals surface area contributed by atoms with Gasteiger partial charge in [0.1, 0.15) is 0 Å². The van der Waals surface area contributed by atoms with Gasteiger partial charge in [-0.2, -0.15) is 0 Å². The van der Waals surface area contributed by atoms with Gasteiger partial charge in [0.15, 0.2) is 0 Å². The molecule has 11 heavy (non-hydrogen) atoms. The molecule has 0 amide bonds. The smallest absolute Gasteiger partial charge is 0.293 e. The highest BCUT2D eigenvalue weighted by Gasteiger charge is 2.41. The minimum Gasteiger partial charge on any atom is -0.436 e. The van der Waals surface area contributed by atoms with Crippen LogP contribution in [0, 0.1) is 17.8 Å². The van der Waals surface area contributed by atoms with Crippen molar-refractivity contribution in [2.75, 3.05) is 6.61 Å². The topological polar surface area (TPSA) is 9.23 Å². The lowest BCUT2D eigenvalue weighted by Gasteiger charge is -2.35. The third kappa shape index (κ3) is 1.03. The molecule has 4 bridgehead atoms. The predicted molar refractivity (Wildman–Crippen MR) is 45.6 cm³/mol. The molecule has 1 aliphatic carbocycles. The number of hydrogen-bond acceptors (Lipinski definition) is 1. The van der Waals surface area contributed by atoms with Crippen LogP contribution in [0.25, 0.3) is 0 Å². The maximum Gasteiger partial charge on any atom is 0.293 e. The predicted octanol–water partition coefficient (Wildman–Crippen LogP) is 2.05. The average Bonchev–Trinajstić information content (AvgIpc) is 2.18. The Balaban J connectivity index is 1.90. The minimum absolute atomic E-state index is 0.659. The van der Waals surface area contributed by atoms with E-state index in [0.717, 1.165) is 24.4 Å². The van der Waals surface area contributed by atoms with Crippen molar-refractivity contribution in [1.82, 2.24) is 0 Å². The third-order valence-electron chi connectivity index (χ3n) is 3.76. The quantitative estimate of drug-likeness (QED) is 0.480. The number of rotatable bonds is 0. The van der Waals surface area contributed by atoms with Crippen LogP contribution in [0.15, 0.2) is 0 Å². The summed E-state index contributed by atoms with van der Waals surface area (Å²) >= 11 is 0. The van der Waals surface area contributed by atoms with E-state index in [1.807, 2.05) is 0 Å². The Kier molecular flexibility index (Phi) is 1.34. The van der Waals surface area contributed by atoms with Gasteiger partial charge >= 0.3 is 0 Å². The summed E-state index contributed by atoms with van der Waals surface area (Å²) in [5.41, 5.74) is 0. The molecule has 1 saturated carbocycles. The maximum absolute atomic E-state index is 5.83. The lowest BCUT2D eigenvalue weighted by atomic mass is 9.47. The Hall–Kier alpha value is 0.0249. The Morgan fingerprint density at radius 1 is 0.909 bits per heavy atom. The van der Waals surface area contributed by atoms with Gasteiger partial charge < -0.3 is 4.65 Å². The van der Waals surface area contributed by atoms with Gasteiger partial charge in [0.05, 0.1) is 0 Å². The SMILES string of the molecule is C1OB2CC3CC1CC(C2)C3. The second-order valence-electron chi connectivity index (χ2n) is 4.73. The molecule has 0 radical (unpaired) electrons. The molecule has 2 heteroatoms. The largest absolute Gasteiger partial charge is 0.436 e. The Morgan fingerprint density at radius 2 is 1.55 bits per heavy atom. The van der Waals surface area contributed by atoms with Gasteiger partial charge in [-0.15, -0.1) is 0 Å². The Bertz CT molecular complexity index is 137. The zero-order valence-corrected chi connectivity index (χ0v) is 6.96.